The second kappa shape index (κ2) is 9.38. The Morgan fingerprint density at radius 2 is 2.04 bits per heavy atom. The van der Waals surface area contributed by atoms with Gasteiger partial charge in [0.15, 0.2) is 4.34 Å². The largest absolute Gasteiger partial charge is 0.496 e. The number of anilines is 1. The van der Waals surface area contributed by atoms with Crippen molar-refractivity contribution >= 4 is 40.0 Å². The molecule has 0 spiro atoms. The fourth-order valence-electron chi connectivity index (χ4n) is 1.82. The van der Waals surface area contributed by atoms with E-state index in [0.29, 0.717) is 21.6 Å². The van der Waals surface area contributed by atoms with Crippen LogP contribution in [0.5, 0.6) is 5.75 Å². The molecular weight excluding hydrogens is 360 g/mol. The van der Waals surface area contributed by atoms with E-state index in [9.17, 15) is 9.59 Å². The number of ether oxygens (including phenoxy) is 1. The first-order chi connectivity index (χ1) is 12.0. The van der Waals surface area contributed by atoms with E-state index in [-0.39, 0.29) is 5.75 Å². The first-order valence-electron chi connectivity index (χ1n) is 7.67. The third-order valence-corrected chi connectivity index (χ3v) is 5.01. The summed E-state index contributed by atoms with van der Waals surface area (Å²) >= 11 is 2.62. The van der Waals surface area contributed by atoms with Gasteiger partial charge in [-0.3, -0.25) is 14.9 Å². The van der Waals surface area contributed by atoms with Crippen LogP contribution in [-0.2, 0) is 4.79 Å². The minimum atomic E-state index is -0.486. The summed E-state index contributed by atoms with van der Waals surface area (Å²) in [5, 5.41) is 14.3. The van der Waals surface area contributed by atoms with Crippen molar-refractivity contribution in [3.63, 3.8) is 0 Å². The lowest BCUT2D eigenvalue weighted by molar-refractivity contribution is -0.117. The fourth-order valence-corrected chi connectivity index (χ4v) is 3.38. The van der Waals surface area contributed by atoms with Gasteiger partial charge in [0.2, 0.25) is 11.0 Å². The average molecular weight is 380 g/mol. The zero-order valence-electron chi connectivity index (χ0n) is 14.2. The van der Waals surface area contributed by atoms with Crippen molar-refractivity contribution in [2.24, 2.45) is 5.92 Å². The van der Waals surface area contributed by atoms with E-state index >= 15 is 0 Å². The lowest BCUT2D eigenvalue weighted by Gasteiger charge is -2.07. The number of para-hydroxylation sites is 1. The Bertz CT molecular complexity index is 734. The Hall–Kier alpha value is -2.13. The smallest absolute Gasteiger partial charge is 0.261 e. The molecule has 0 radical (unpaired) electrons. The summed E-state index contributed by atoms with van der Waals surface area (Å²) in [7, 11) is 1.48. The third kappa shape index (κ3) is 6.02. The van der Waals surface area contributed by atoms with Crippen molar-refractivity contribution in [3.05, 3.63) is 29.8 Å². The molecule has 0 unspecified atom stereocenters. The highest BCUT2D eigenvalue weighted by molar-refractivity contribution is 8.01. The van der Waals surface area contributed by atoms with E-state index < -0.39 is 11.8 Å². The van der Waals surface area contributed by atoms with Crippen LogP contribution in [-0.4, -0.2) is 41.4 Å². The number of hydrogen-bond acceptors (Lipinski definition) is 8. The summed E-state index contributed by atoms with van der Waals surface area (Å²) < 4.78 is 5.79. The number of imide groups is 1. The summed E-state index contributed by atoms with van der Waals surface area (Å²) in [6, 6.07) is 6.74. The van der Waals surface area contributed by atoms with Crippen LogP contribution in [0.15, 0.2) is 28.6 Å². The highest BCUT2D eigenvalue weighted by Gasteiger charge is 2.15. The van der Waals surface area contributed by atoms with E-state index in [4.69, 9.17) is 4.74 Å². The number of amides is 2. The molecule has 0 aliphatic carbocycles. The van der Waals surface area contributed by atoms with Crippen LogP contribution in [0.3, 0.4) is 0 Å². The van der Waals surface area contributed by atoms with Gasteiger partial charge in [-0.25, -0.2) is 0 Å². The Morgan fingerprint density at radius 1 is 1.28 bits per heavy atom. The van der Waals surface area contributed by atoms with Gasteiger partial charge in [0.1, 0.15) is 5.75 Å². The summed E-state index contributed by atoms with van der Waals surface area (Å²) in [4.78, 5) is 24.1. The van der Waals surface area contributed by atoms with Crippen LogP contribution in [0.1, 0.15) is 24.2 Å². The van der Waals surface area contributed by atoms with Gasteiger partial charge in [0.05, 0.1) is 18.4 Å². The molecule has 25 heavy (non-hydrogen) atoms. The standard InChI is InChI=1S/C16H20N4O3S2/c1-10(2)8-17-15-19-20-16(25-15)24-9-13(21)18-14(22)11-6-4-5-7-12(11)23-3/h4-7,10H,8-9H2,1-3H3,(H,17,19)(H,18,21,22). The van der Waals surface area contributed by atoms with Gasteiger partial charge in [-0.1, -0.05) is 49.1 Å². The number of hydrogen-bond donors (Lipinski definition) is 2. The van der Waals surface area contributed by atoms with E-state index in [1.807, 2.05) is 0 Å². The number of carbonyl (C=O) groups excluding carboxylic acids is 2. The molecule has 0 saturated carbocycles. The molecular formula is C16H20N4O3S2. The van der Waals surface area contributed by atoms with Gasteiger partial charge >= 0.3 is 0 Å². The topological polar surface area (TPSA) is 93.2 Å². The van der Waals surface area contributed by atoms with Crippen LogP contribution < -0.4 is 15.4 Å². The van der Waals surface area contributed by atoms with Gasteiger partial charge in [-0.15, -0.1) is 10.2 Å². The zero-order chi connectivity index (χ0) is 18.2. The van der Waals surface area contributed by atoms with Crippen LogP contribution in [0.25, 0.3) is 0 Å². The van der Waals surface area contributed by atoms with Gasteiger partial charge < -0.3 is 10.1 Å². The van der Waals surface area contributed by atoms with Crippen molar-refractivity contribution in [3.8, 4) is 5.75 Å². The number of rotatable bonds is 8. The van der Waals surface area contributed by atoms with Crippen molar-refractivity contribution in [1.29, 1.82) is 0 Å². The number of thioether (sulfide) groups is 1. The SMILES string of the molecule is COc1ccccc1C(=O)NC(=O)CSc1nnc(NCC(C)C)s1. The Balaban J connectivity index is 1.83. The molecule has 0 bridgehead atoms. The Morgan fingerprint density at radius 3 is 2.76 bits per heavy atom. The maximum absolute atomic E-state index is 12.1. The minimum Gasteiger partial charge on any atom is -0.496 e. The van der Waals surface area contributed by atoms with Gasteiger partial charge in [-0.05, 0) is 18.1 Å². The monoisotopic (exact) mass is 380 g/mol. The molecule has 134 valence electrons. The number of carbonyl (C=O) groups is 2. The highest BCUT2D eigenvalue weighted by Crippen LogP contribution is 2.25. The van der Waals surface area contributed by atoms with Crippen LogP contribution in [0.4, 0.5) is 5.13 Å². The first-order valence-corrected chi connectivity index (χ1v) is 9.47. The molecule has 0 aliphatic heterocycles. The summed E-state index contributed by atoms with van der Waals surface area (Å²) in [5.41, 5.74) is 0.319. The predicted molar refractivity (Wildman–Crippen MR) is 99.4 cm³/mol. The van der Waals surface area contributed by atoms with Gasteiger partial charge in [0, 0.05) is 6.54 Å². The van der Waals surface area contributed by atoms with Crippen LogP contribution in [0, 0.1) is 5.92 Å². The second-order valence-corrected chi connectivity index (χ2v) is 7.71. The molecule has 2 amide bonds. The number of aromatic nitrogens is 2. The normalized spacial score (nSPS) is 10.6. The molecule has 7 nitrogen and oxygen atoms in total. The molecule has 2 aromatic rings. The molecule has 0 saturated heterocycles. The molecule has 1 heterocycles. The van der Waals surface area contributed by atoms with Crippen LogP contribution in [0.2, 0.25) is 0 Å². The zero-order valence-corrected chi connectivity index (χ0v) is 15.9. The maximum Gasteiger partial charge on any atom is 0.261 e. The van der Waals surface area contributed by atoms with E-state index in [2.05, 4.69) is 34.7 Å². The summed E-state index contributed by atoms with van der Waals surface area (Å²) in [6.45, 7) is 5.02. The van der Waals surface area contributed by atoms with Crippen LogP contribution >= 0.6 is 23.1 Å². The lowest BCUT2D eigenvalue weighted by Crippen LogP contribution is -2.32. The second-order valence-electron chi connectivity index (χ2n) is 5.51. The molecule has 0 atom stereocenters. The van der Waals surface area contributed by atoms with Gasteiger partial charge in [0.25, 0.3) is 5.91 Å². The maximum atomic E-state index is 12.1. The molecule has 1 aromatic carbocycles. The van der Waals surface area contributed by atoms with Gasteiger partial charge in [-0.2, -0.15) is 0 Å². The average Bonchev–Trinajstić information content (AvgIpc) is 3.06. The Labute approximate surface area is 154 Å². The lowest BCUT2D eigenvalue weighted by atomic mass is 10.2. The minimum absolute atomic E-state index is 0.0830. The first kappa shape index (κ1) is 19.2. The van der Waals surface area contributed by atoms with Crippen molar-refractivity contribution in [1.82, 2.24) is 15.5 Å². The fraction of sp³-hybridized carbons (Fsp3) is 0.375. The number of methoxy groups -OCH3 is 1. The highest BCUT2D eigenvalue weighted by atomic mass is 32.2. The quantitative estimate of drug-likeness (QED) is 0.680. The predicted octanol–water partition coefficient (Wildman–Crippen LogP) is 2.66. The molecule has 0 aliphatic rings. The number of nitrogens with zero attached hydrogens (tertiary/aromatic N) is 2. The van der Waals surface area contributed by atoms with E-state index in [0.717, 1.165) is 11.7 Å². The van der Waals surface area contributed by atoms with Crippen molar-refractivity contribution < 1.29 is 14.3 Å². The molecule has 2 rings (SSSR count). The molecule has 9 heteroatoms. The summed E-state index contributed by atoms with van der Waals surface area (Å²) in [6.07, 6.45) is 0. The van der Waals surface area contributed by atoms with E-state index in [1.54, 1.807) is 24.3 Å². The van der Waals surface area contributed by atoms with Crippen molar-refractivity contribution in [2.75, 3.05) is 24.7 Å². The summed E-state index contributed by atoms with van der Waals surface area (Å²) in [5.74, 6) is 0.129. The third-order valence-electron chi connectivity index (χ3n) is 3.00. The number of nitrogens with one attached hydrogen (secondary N) is 2. The molecule has 0 fully saturated rings. The number of benzene rings is 1. The molecule has 2 N–H and O–H groups in total. The molecule has 1 aromatic heterocycles. The Kier molecular flexibility index (Phi) is 7.20. The van der Waals surface area contributed by atoms with Crippen molar-refractivity contribution in [2.45, 2.75) is 18.2 Å². The van der Waals surface area contributed by atoms with E-state index in [1.165, 1.54) is 30.2 Å².